The fourth-order valence-corrected chi connectivity index (χ4v) is 3.07. The molecule has 0 bridgehead atoms. The molecule has 1 aromatic rings. The Hall–Kier alpha value is -1.95. The van der Waals surface area contributed by atoms with E-state index in [0.717, 1.165) is 25.0 Å². The Kier molecular flexibility index (Phi) is 3.40. The first kappa shape index (κ1) is 13.1. The zero-order chi connectivity index (χ0) is 14.1. The molecule has 0 N–H and O–H groups in total. The summed E-state index contributed by atoms with van der Waals surface area (Å²) in [6, 6.07) is 0. The Labute approximate surface area is 121 Å². The minimum atomic E-state index is -0.398. The van der Waals surface area contributed by atoms with Gasteiger partial charge in [0.1, 0.15) is 5.01 Å². The lowest BCUT2D eigenvalue weighted by molar-refractivity contribution is -0.136. The van der Waals surface area contributed by atoms with Crippen molar-refractivity contribution >= 4 is 23.0 Å². The zero-order valence-electron chi connectivity index (χ0n) is 11.4. The molecule has 1 aromatic heterocycles. The van der Waals surface area contributed by atoms with Crippen LogP contribution in [0.2, 0.25) is 0 Å². The van der Waals surface area contributed by atoms with Gasteiger partial charge in [0.15, 0.2) is 5.71 Å². The number of aromatic nitrogens is 1. The molecule has 0 atom stereocenters. The molecule has 3 heterocycles. The molecule has 0 saturated carbocycles. The number of carbonyl (C=O) groups is 1. The third-order valence-electron chi connectivity index (χ3n) is 3.49. The van der Waals surface area contributed by atoms with Crippen molar-refractivity contribution in [2.45, 2.75) is 19.8 Å². The second kappa shape index (κ2) is 5.20. The highest BCUT2D eigenvalue weighted by Crippen LogP contribution is 2.26. The van der Waals surface area contributed by atoms with E-state index in [1.807, 2.05) is 12.3 Å². The predicted octanol–water partition coefficient (Wildman–Crippen LogP) is 2.33. The van der Waals surface area contributed by atoms with Gasteiger partial charge in [0.25, 0.3) is 0 Å². The summed E-state index contributed by atoms with van der Waals surface area (Å²) in [5, 5.41) is 6.44. The number of hydrogen-bond acceptors (Lipinski definition) is 6. The van der Waals surface area contributed by atoms with Crippen LogP contribution in [-0.4, -0.2) is 35.2 Å². The summed E-state index contributed by atoms with van der Waals surface area (Å²) in [4.78, 5) is 23.2. The lowest BCUT2D eigenvalue weighted by Gasteiger charge is -2.12. The van der Waals surface area contributed by atoms with Crippen molar-refractivity contribution in [3.63, 3.8) is 0 Å². The minimum absolute atomic E-state index is 0.398. The highest BCUT2D eigenvalue weighted by Gasteiger charge is 2.30. The van der Waals surface area contributed by atoms with Crippen LogP contribution < -0.4 is 0 Å². The summed E-state index contributed by atoms with van der Waals surface area (Å²) in [6.45, 7) is 2.98. The number of thiazole rings is 1. The lowest BCUT2D eigenvalue weighted by Crippen LogP contribution is -2.12. The second-order valence-corrected chi connectivity index (χ2v) is 5.77. The predicted molar refractivity (Wildman–Crippen MR) is 77.4 cm³/mol. The van der Waals surface area contributed by atoms with E-state index in [0.29, 0.717) is 16.3 Å². The number of rotatable bonds is 2. The van der Waals surface area contributed by atoms with Crippen LogP contribution in [0.3, 0.4) is 0 Å². The topological polar surface area (TPSA) is 54.8 Å². The van der Waals surface area contributed by atoms with Crippen LogP contribution >= 0.6 is 11.3 Å². The van der Waals surface area contributed by atoms with Crippen molar-refractivity contribution < 1.29 is 9.63 Å². The summed E-state index contributed by atoms with van der Waals surface area (Å²) in [7, 11) is 2.07. The van der Waals surface area contributed by atoms with Gasteiger partial charge in [-0.1, -0.05) is 5.16 Å². The first-order chi connectivity index (χ1) is 9.66. The van der Waals surface area contributed by atoms with Crippen molar-refractivity contribution in [1.82, 2.24) is 9.88 Å². The van der Waals surface area contributed by atoms with Crippen molar-refractivity contribution in [1.29, 1.82) is 0 Å². The fraction of sp³-hybridized carbons (Fsp3) is 0.357. The standard InChI is InChI=1S/C14H15N3O2S/c1-9(8-10-4-3-6-17(10)2)11-12(16-19-14(11)18)13-15-5-7-20-13/h5,7-8H,3-4,6H2,1-2H3/b10-8+,11-9+. The van der Waals surface area contributed by atoms with Gasteiger partial charge in [-0.25, -0.2) is 9.78 Å². The summed E-state index contributed by atoms with van der Waals surface area (Å²) in [5.74, 6) is -0.398. The summed E-state index contributed by atoms with van der Waals surface area (Å²) < 4.78 is 0. The van der Waals surface area contributed by atoms with Gasteiger partial charge in [-0.05, 0) is 31.4 Å². The summed E-state index contributed by atoms with van der Waals surface area (Å²) in [5.41, 5.74) is 3.19. The molecule has 3 rings (SSSR count). The van der Waals surface area contributed by atoms with E-state index in [4.69, 9.17) is 4.84 Å². The molecule has 0 spiro atoms. The molecule has 5 nitrogen and oxygen atoms in total. The molecule has 2 aliphatic heterocycles. The van der Waals surface area contributed by atoms with E-state index in [1.165, 1.54) is 17.0 Å². The molecule has 0 aliphatic carbocycles. The highest BCUT2D eigenvalue weighted by molar-refractivity contribution is 7.12. The zero-order valence-corrected chi connectivity index (χ0v) is 12.2. The number of oxime groups is 1. The van der Waals surface area contributed by atoms with Gasteiger partial charge >= 0.3 is 5.97 Å². The summed E-state index contributed by atoms with van der Waals surface area (Å²) in [6.07, 6.45) is 5.95. The first-order valence-electron chi connectivity index (χ1n) is 6.49. The van der Waals surface area contributed by atoms with Crippen LogP contribution in [0.4, 0.5) is 0 Å². The van der Waals surface area contributed by atoms with Gasteiger partial charge in [0, 0.05) is 30.9 Å². The van der Waals surface area contributed by atoms with Crippen LogP contribution in [0, 0.1) is 0 Å². The van der Waals surface area contributed by atoms with E-state index in [-0.39, 0.29) is 0 Å². The maximum absolute atomic E-state index is 11.9. The maximum Gasteiger partial charge on any atom is 0.368 e. The quantitative estimate of drug-likeness (QED) is 0.619. The average molecular weight is 289 g/mol. The van der Waals surface area contributed by atoms with Crippen molar-refractivity contribution in [3.8, 4) is 0 Å². The fourth-order valence-electron chi connectivity index (χ4n) is 2.45. The van der Waals surface area contributed by atoms with E-state index < -0.39 is 5.97 Å². The minimum Gasteiger partial charge on any atom is -0.378 e. The third-order valence-corrected chi connectivity index (χ3v) is 4.27. The molecule has 0 unspecified atom stereocenters. The normalized spacial score (nSPS) is 23.3. The molecular weight excluding hydrogens is 274 g/mol. The molecule has 0 radical (unpaired) electrons. The van der Waals surface area contributed by atoms with Crippen LogP contribution in [0.25, 0.3) is 0 Å². The van der Waals surface area contributed by atoms with Gasteiger partial charge in [-0.3, -0.25) is 0 Å². The van der Waals surface area contributed by atoms with Crippen molar-refractivity contribution in [2.75, 3.05) is 13.6 Å². The van der Waals surface area contributed by atoms with Gasteiger partial charge in [-0.2, -0.15) is 0 Å². The molecular formula is C14H15N3O2S. The van der Waals surface area contributed by atoms with Crippen LogP contribution in [0.15, 0.2) is 39.7 Å². The SMILES string of the molecule is CC(/C=C1\CCCN1C)=C1\C(=O)ON=C1c1nccs1. The number of allylic oxidation sites excluding steroid dienone is 3. The largest absolute Gasteiger partial charge is 0.378 e. The number of likely N-dealkylation sites (tertiary alicyclic amines) is 1. The molecule has 0 amide bonds. The summed E-state index contributed by atoms with van der Waals surface area (Å²) >= 11 is 1.45. The molecule has 104 valence electrons. The lowest BCUT2D eigenvalue weighted by atomic mass is 10.0. The molecule has 2 aliphatic rings. The molecule has 1 saturated heterocycles. The van der Waals surface area contributed by atoms with E-state index in [2.05, 4.69) is 28.2 Å². The molecule has 6 heteroatoms. The smallest absolute Gasteiger partial charge is 0.368 e. The Balaban J connectivity index is 1.99. The van der Waals surface area contributed by atoms with E-state index >= 15 is 0 Å². The van der Waals surface area contributed by atoms with Gasteiger partial charge in [0.05, 0.1) is 5.57 Å². The van der Waals surface area contributed by atoms with Crippen LogP contribution in [0.5, 0.6) is 0 Å². The number of carbonyl (C=O) groups excluding carboxylic acids is 1. The van der Waals surface area contributed by atoms with E-state index in [9.17, 15) is 4.79 Å². The Bertz CT molecular complexity index is 629. The van der Waals surface area contributed by atoms with Crippen molar-refractivity contribution in [3.05, 3.63) is 39.5 Å². The average Bonchev–Trinajstić information content (AvgIpc) is 3.11. The number of hydrogen-bond donors (Lipinski definition) is 0. The number of nitrogens with zero attached hydrogens (tertiary/aromatic N) is 3. The maximum atomic E-state index is 11.9. The van der Waals surface area contributed by atoms with Gasteiger partial charge in [0.2, 0.25) is 0 Å². The second-order valence-electron chi connectivity index (χ2n) is 4.87. The first-order valence-corrected chi connectivity index (χ1v) is 7.37. The van der Waals surface area contributed by atoms with Gasteiger partial charge in [-0.15, -0.1) is 11.3 Å². The van der Waals surface area contributed by atoms with Crippen molar-refractivity contribution in [2.24, 2.45) is 5.16 Å². The Morgan fingerprint density at radius 3 is 3.05 bits per heavy atom. The molecule has 1 fully saturated rings. The third kappa shape index (κ3) is 2.27. The molecule has 0 aromatic carbocycles. The Morgan fingerprint density at radius 1 is 1.55 bits per heavy atom. The Morgan fingerprint density at radius 2 is 2.40 bits per heavy atom. The van der Waals surface area contributed by atoms with Crippen LogP contribution in [-0.2, 0) is 9.63 Å². The van der Waals surface area contributed by atoms with Gasteiger partial charge < -0.3 is 9.74 Å². The van der Waals surface area contributed by atoms with E-state index in [1.54, 1.807) is 6.20 Å². The monoisotopic (exact) mass is 289 g/mol. The van der Waals surface area contributed by atoms with Crippen LogP contribution in [0.1, 0.15) is 24.8 Å². The highest BCUT2D eigenvalue weighted by atomic mass is 32.1. The molecule has 20 heavy (non-hydrogen) atoms.